The fourth-order valence-corrected chi connectivity index (χ4v) is 3.93. The van der Waals surface area contributed by atoms with Crippen LogP contribution in [-0.2, 0) is 6.54 Å². The number of carbonyl (C=O) groups is 1. The van der Waals surface area contributed by atoms with Crippen molar-refractivity contribution in [2.75, 3.05) is 18.0 Å². The number of fused-ring (bicyclic) bond motifs is 1. The fraction of sp³-hybridized carbons (Fsp3) is 0.217. The Morgan fingerprint density at radius 3 is 2.68 bits per heavy atom. The van der Waals surface area contributed by atoms with Gasteiger partial charge >= 0.3 is 0 Å². The molecule has 0 aliphatic carbocycles. The largest absolute Gasteiger partial charge is 0.356 e. The predicted octanol–water partition coefficient (Wildman–Crippen LogP) is 4.47. The molecular formula is C23H20ClN5O2. The molecule has 0 spiro atoms. The van der Waals surface area contributed by atoms with E-state index in [1.54, 1.807) is 6.07 Å². The summed E-state index contributed by atoms with van der Waals surface area (Å²) in [6.07, 6.45) is 2.26. The minimum Gasteiger partial charge on any atom is -0.356 e. The number of hydrogen-bond acceptors (Lipinski definition) is 6. The van der Waals surface area contributed by atoms with E-state index < -0.39 is 0 Å². The predicted molar refractivity (Wildman–Crippen MR) is 119 cm³/mol. The average Bonchev–Trinajstić information content (AvgIpc) is 3.50. The first kappa shape index (κ1) is 19.5. The summed E-state index contributed by atoms with van der Waals surface area (Å²) < 4.78 is 5.23. The Labute approximate surface area is 184 Å². The van der Waals surface area contributed by atoms with Gasteiger partial charge in [-0.2, -0.15) is 0 Å². The van der Waals surface area contributed by atoms with Gasteiger partial charge in [0.1, 0.15) is 11.5 Å². The highest BCUT2D eigenvalue weighted by Gasteiger charge is 2.19. The number of halogens is 1. The van der Waals surface area contributed by atoms with Crippen LogP contribution in [0.2, 0.25) is 5.02 Å². The maximum absolute atomic E-state index is 12.6. The summed E-state index contributed by atoms with van der Waals surface area (Å²) >= 11 is 6.21. The molecule has 5 rings (SSSR count). The van der Waals surface area contributed by atoms with Crippen LogP contribution >= 0.6 is 11.6 Å². The Hall–Kier alpha value is -3.45. The summed E-state index contributed by atoms with van der Waals surface area (Å²) in [6.45, 7) is 2.08. The Kier molecular flexibility index (Phi) is 5.26. The third-order valence-electron chi connectivity index (χ3n) is 5.30. The highest BCUT2D eigenvalue weighted by atomic mass is 35.5. The van der Waals surface area contributed by atoms with E-state index in [0.717, 1.165) is 48.2 Å². The van der Waals surface area contributed by atoms with Crippen molar-refractivity contribution in [1.82, 2.24) is 20.4 Å². The van der Waals surface area contributed by atoms with Crippen LogP contribution in [0.25, 0.3) is 22.2 Å². The second-order valence-electron chi connectivity index (χ2n) is 7.44. The lowest BCUT2D eigenvalue weighted by molar-refractivity contribution is 0.0913. The number of aromatic nitrogens is 3. The molecule has 31 heavy (non-hydrogen) atoms. The van der Waals surface area contributed by atoms with Crippen LogP contribution < -0.4 is 10.2 Å². The van der Waals surface area contributed by atoms with Crippen LogP contribution in [0.5, 0.6) is 0 Å². The standard InChI is InChI=1S/C23H20ClN5O2/c24-16-8-9-18-17(12-16)22(29-10-4-5-11-29)27-21(26-18)14-25-23(30)20-13-19(28-31-20)15-6-2-1-3-7-15/h1-3,6-9,12-13H,4-5,10-11,14H2,(H,25,30). The van der Waals surface area contributed by atoms with E-state index in [9.17, 15) is 4.79 Å². The number of carbonyl (C=O) groups excluding carboxylic acids is 1. The van der Waals surface area contributed by atoms with Gasteiger partial charge < -0.3 is 14.7 Å². The number of benzene rings is 2. The molecule has 0 unspecified atom stereocenters. The molecule has 0 atom stereocenters. The Morgan fingerprint density at radius 1 is 1.06 bits per heavy atom. The summed E-state index contributed by atoms with van der Waals surface area (Å²) in [5.74, 6) is 1.18. The lowest BCUT2D eigenvalue weighted by atomic mass is 10.1. The quantitative estimate of drug-likeness (QED) is 0.500. The van der Waals surface area contributed by atoms with Gasteiger partial charge in [-0.3, -0.25) is 4.79 Å². The van der Waals surface area contributed by atoms with Crippen molar-refractivity contribution in [3.8, 4) is 11.3 Å². The SMILES string of the molecule is O=C(NCc1nc(N2CCCC2)c2cc(Cl)ccc2n1)c1cc(-c2ccccc2)no1. The zero-order valence-corrected chi connectivity index (χ0v) is 17.5. The maximum Gasteiger partial charge on any atom is 0.290 e. The molecular weight excluding hydrogens is 414 g/mol. The summed E-state index contributed by atoms with van der Waals surface area (Å²) in [6, 6.07) is 16.8. The van der Waals surface area contributed by atoms with Crippen molar-refractivity contribution in [3.63, 3.8) is 0 Å². The van der Waals surface area contributed by atoms with Gasteiger partial charge in [-0.1, -0.05) is 47.1 Å². The van der Waals surface area contributed by atoms with Gasteiger partial charge in [0, 0.05) is 35.1 Å². The lowest BCUT2D eigenvalue weighted by Crippen LogP contribution is -2.25. The zero-order valence-electron chi connectivity index (χ0n) is 16.7. The molecule has 156 valence electrons. The van der Waals surface area contributed by atoms with Crippen LogP contribution in [0.1, 0.15) is 29.2 Å². The molecule has 1 aliphatic rings. The molecule has 0 saturated carbocycles. The van der Waals surface area contributed by atoms with Crippen LogP contribution in [0.15, 0.2) is 59.1 Å². The molecule has 1 N–H and O–H groups in total. The molecule has 1 fully saturated rings. The van der Waals surface area contributed by atoms with E-state index in [1.807, 2.05) is 48.5 Å². The number of nitrogens with zero attached hydrogens (tertiary/aromatic N) is 4. The minimum absolute atomic E-state index is 0.145. The molecule has 0 bridgehead atoms. The van der Waals surface area contributed by atoms with Gasteiger partial charge in [0.25, 0.3) is 5.91 Å². The van der Waals surface area contributed by atoms with Crippen LogP contribution in [0, 0.1) is 0 Å². The minimum atomic E-state index is -0.364. The number of nitrogens with one attached hydrogen (secondary N) is 1. The third kappa shape index (κ3) is 4.09. The summed E-state index contributed by atoms with van der Waals surface area (Å²) in [4.78, 5) is 24.2. The smallest absolute Gasteiger partial charge is 0.290 e. The Morgan fingerprint density at radius 2 is 1.87 bits per heavy atom. The van der Waals surface area contributed by atoms with E-state index in [1.165, 1.54) is 0 Å². The van der Waals surface area contributed by atoms with Gasteiger partial charge in [-0.05, 0) is 31.0 Å². The number of anilines is 1. The van der Waals surface area contributed by atoms with E-state index in [-0.39, 0.29) is 18.2 Å². The molecule has 1 saturated heterocycles. The van der Waals surface area contributed by atoms with E-state index in [2.05, 4.69) is 20.4 Å². The second kappa shape index (κ2) is 8.35. The number of amides is 1. The second-order valence-corrected chi connectivity index (χ2v) is 7.88. The van der Waals surface area contributed by atoms with Crippen molar-refractivity contribution >= 4 is 34.2 Å². The van der Waals surface area contributed by atoms with Crippen molar-refractivity contribution in [1.29, 1.82) is 0 Å². The number of rotatable bonds is 5. The molecule has 3 heterocycles. The highest BCUT2D eigenvalue weighted by Crippen LogP contribution is 2.29. The Balaban J connectivity index is 1.36. The fourth-order valence-electron chi connectivity index (χ4n) is 3.75. The molecule has 1 amide bonds. The summed E-state index contributed by atoms with van der Waals surface area (Å²) in [5, 5.41) is 8.40. The van der Waals surface area contributed by atoms with Crippen molar-refractivity contribution < 1.29 is 9.32 Å². The molecule has 2 aromatic carbocycles. The van der Waals surface area contributed by atoms with E-state index >= 15 is 0 Å². The van der Waals surface area contributed by atoms with Gasteiger partial charge in [0.05, 0.1) is 12.1 Å². The van der Waals surface area contributed by atoms with E-state index in [0.29, 0.717) is 16.5 Å². The van der Waals surface area contributed by atoms with Crippen molar-refractivity contribution in [2.24, 2.45) is 0 Å². The molecule has 1 aliphatic heterocycles. The molecule has 2 aromatic heterocycles. The highest BCUT2D eigenvalue weighted by molar-refractivity contribution is 6.31. The van der Waals surface area contributed by atoms with Crippen molar-refractivity contribution in [2.45, 2.75) is 19.4 Å². The lowest BCUT2D eigenvalue weighted by Gasteiger charge is -2.19. The normalized spacial score (nSPS) is 13.6. The topological polar surface area (TPSA) is 84.2 Å². The molecule has 4 aromatic rings. The van der Waals surface area contributed by atoms with Crippen molar-refractivity contribution in [3.05, 3.63) is 71.2 Å². The summed E-state index contributed by atoms with van der Waals surface area (Å²) in [5.41, 5.74) is 2.30. The average molecular weight is 434 g/mol. The monoisotopic (exact) mass is 433 g/mol. The summed E-state index contributed by atoms with van der Waals surface area (Å²) in [7, 11) is 0. The first-order valence-electron chi connectivity index (χ1n) is 10.2. The molecule has 0 radical (unpaired) electrons. The van der Waals surface area contributed by atoms with Gasteiger partial charge in [0.2, 0.25) is 5.76 Å². The first-order valence-corrected chi connectivity index (χ1v) is 10.6. The van der Waals surface area contributed by atoms with Crippen LogP contribution in [0.4, 0.5) is 5.82 Å². The van der Waals surface area contributed by atoms with Gasteiger partial charge in [0.15, 0.2) is 5.82 Å². The molecule has 7 nitrogen and oxygen atoms in total. The first-order chi connectivity index (χ1) is 15.2. The third-order valence-corrected chi connectivity index (χ3v) is 5.54. The van der Waals surface area contributed by atoms with Crippen LogP contribution in [0.3, 0.4) is 0 Å². The Bertz CT molecular complexity index is 1240. The van der Waals surface area contributed by atoms with E-state index in [4.69, 9.17) is 21.1 Å². The zero-order chi connectivity index (χ0) is 21.2. The maximum atomic E-state index is 12.6. The van der Waals surface area contributed by atoms with Gasteiger partial charge in [-0.25, -0.2) is 9.97 Å². The number of hydrogen-bond donors (Lipinski definition) is 1. The van der Waals surface area contributed by atoms with Crippen LogP contribution in [-0.4, -0.2) is 34.1 Å². The van der Waals surface area contributed by atoms with Gasteiger partial charge in [-0.15, -0.1) is 0 Å². The molecule has 8 heteroatoms.